The van der Waals surface area contributed by atoms with Crippen molar-refractivity contribution in [2.45, 2.75) is 51.6 Å². The van der Waals surface area contributed by atoms with Gasteiger partial charge in [-0.05, 0) is 80.1 Å². The zero-order valence-corrected chi connectivity index (χ0v) is 27.3. The summed E-state index contributed by atoms with van der Waals surface area (Å²) in [6.07, 6.45) is 0.757. The van der Waals surface area contributed by atoms with Crippen molar-refractivity contribution in [2.24, 2.45) is 0 Å². The van der Waals surface area contributed by atoms with Crippen molar-refractivity contribution in [1.29, 1.82) is 0 Å². The number of hydrogen-bond acceptors (Lipinski definition) is 7. The molecular weight excluding hydrogens is 613 g/mol. The van der Waals surface area contributed by atoms with Gasteiger partial charge in [0.25, 0.3) is 0 Å². The summed E-state index contributed by atoms with van der Waals surface area (Å²) in [7, 11) is 0. The Morgan fingerprint density at radius 1 is 1.09 bits per heavy atom. The Morgan fingerprint density at radius 3 is 2.51 bits per heavy atom. The third kappa shape index (κ3) is 8.00. The molecule has 4 aromatic rings. The first-order chi connectivity index (χ1) is 21.7. The van der Waals surface area contributed by atoms with E-state index < -0.39 is 6.10 Å². The first-order valence-electron chi connectivity index (χ1n) is 15.2. The molecule has 8 nitrogen and oxygen atoms in total. The third-order valence-corrected chi connectivity index (χ3v) is 8.65. The van der Waals surface area contributed by atoms with Gasteiger partial charge in [0.1, 0.15) is 19.0 Å². The normalized spacial score (nSPS) is 17.1. The number of aromatic nitrogens is 1. The van der Waals surface area contributed by atoms with Crippen molar-refractivity contribution in [2.75, 3.05) is 32.8 Å². The van der Waals surface area contributed by atoms with Crippen molar-refractivity contribution in [3.05, 3.63) is 98.7 Å². The molecule has 0 radical (unpaired) electrons. The number of rotatable bonds is 12. The van der Waals surface area contributed by atoms with E-state index in [0.29, 0.717) is 59.8 Å². The SMILES string of the molecule is CC(=O)NCCc1ccccc1-c1onc([C@H]2CNCC[C@@H]2c2ccc(OCCOc3c(Cl)cc(C)cc3Cl)cc2)c1C(C)O. The van der Waals surface area contributed by atoms with Gasteiger partial charge < -0.3 is 29.7 Å². The Morgan fingerprint density at radius 2 is 1.80 bits per heavy atom. The number of aryl methyl sites for hydroxylation is 1. The lowest BCUT2D eigenvalue weighted by Gasteiger charge is -2.32. The number of aliphatic hydroxyl groups excluding tert-OH is 1. The molecule has 45 heavy (non-hydrogen) atoms. The topological polar surface area (TPSA) is 106 Å². The number of carbonyl (C=O) groups excluding carboxylic acids is 1. The average Bonchev–Trinajstić information content (AvgIpc) is 3.46. The summed E-state index contributed by atoms with van der Waals surface area (Å²) in [5.41, 5.74) is 5.49. The van der Waals surface area contributed by atoms with Crippen LogP contribution in [0.15, 0.2) is 65.2 Å². The summed E-state index contributed by atoms with van der Waals surface area (Å²) >= 11 is 12.6. The predicted molar refractivity (Wildman–Crippen MR) is 177 cm³/mol. The lowest BCUT2D eigenvalue weighted by atomic mass is 9.77. The van der Waals surface area contributed by atoms with E-state index in [0.717, 1.165) is 41.1 Å². The lowest BCUT2D eigenvalue weighted by Crippen LogP contribution is -2.34. The maximum Gasteiger partial charge on any atom is 0.216 e. The van der Waals surface area contributed by atoms with E-state index in [4.69, 9.17) is 37.2 Å². The van der Waals surface area contributed by atoms with Crippen molar-refractivity contribution in [1.82, 2.24) is 15.8 Å². The van der Waals surface area contributed by atoms with Crippen molar-refractivity contribution < 1.29 is 23.9 Å². The lowest BCUT2D eigenvalue weighted by molar-refractivity contribution is -0.118. The van der Waals surface area contributed by atoms with Crippen LogP contribution in [-0.2, 0) is 11.2 Å². The molecule has 1 amide bonds. The fraction of sp³-hybridized carbons (Fsp3) is 0.371. The summed E-state index contributed by atoms with van der Waals surface area (Å²) in [5.74, 6) is 1.86. The Kier molecular flexibility index (Phi) is 11.0. The number of aliphatic hydroxyl groups is 1. The van der Waals surface area contributed by atoms with Crippen molar-refractivity contribution >= 4 is 29.1 Å². The van der Waals surface area contributed by atoms with E-state index in [-0.39, 0.29) is 17.7 Å². The van der Waals surface area contributed by atoms with Gasteiger partial charge in [0.15, 0.2) is 11.5 Å². The summed E-state index contributed by atoms with van der Waals surface area (Å²) < 4.78 is 17.7. The van der Waals surface area contributed by atoms with Crippen LogP contribution in [0.4, 0.5) is 0 Å². The second-order valence-electron chi connectivity index (χ2n) is 11.4. The van der Waals surface area contributed by atoms with E-state index in [9.17, 15) is 9.90 Å². The number of piperidine rings is 1. The molecular formula is C35H39Cl2N3O5. The number of nitrogens with zero attached hydrogens (tertiary/aromatic N) is 1. The standard InChI is InChI=1S/C35H39Cl2N3O5/c1-21-18-30(36)35(31(37)19-21)44-17-16-43-26-10-8-25(9-11-26)27-13-14-38-20-29(27)33-32(22(2)41)34(45-40-33)28-7-5-4-6-24(28)12-15-39-23(3)42/h4-11,18-19,22,27,29,38,41H,12-17,20H2,1-3H3,(H,39,42)/t22?,27-,29+/m1/s1. The predicted octanol–water partition coefficient (Wildman–Crippen LogP) is 7.01. The smallest absolute Gasteiger partial charge is 0.216 e. The van der Waals surface area contributed by atoms with E-state index in [1.165, 1.54) is 12.5 Å². The summed E-state index contributed by atoms with van der Waals surface area (Å²) in [6, 6.07) is 19.6. The fourth-order valence-electron chi connectivity index (χ4n) is 5.99. The summed E-state index contributed by atoms with van der Waals surface area (Å²) in [6.45, 7) is 7.91. The quantitative estimate of drug-likeness (QED) is 0.142. The number of halogens is 2. The zero-order chi connectivity index (χ0) is 31.9. The van der Waals surface area contributed by atoms with E-state index in [1.807, 2.05) is 55.5 Å². The van der Waals surface area contributed by atoms with Crippen LogP contribution < -0.4 is 20.1 Å². The molecule has 0 spiro atoms. The molecule has 238 valence electrons. The van der Waals surface area contributed by atoms with Gasteiger partial charge in [-0.1, -0.05) is 64.8 Å². The molecule has 1 aliphatic rings. The van der Waals surface area contributed by atoms with Gasteiger partial charge in [-0.3, -0.25) is 4.79 Å². The molecule has 5 rings (SSSR count). The molecule has 1 unspecified atom stereocenters. The van der Waals surface area contributed by atoms with Crippen LogP contribution in [-0.4, -0.2) is 49.0 Å². The summed E-state index contributed by atoms with van der Waals surface area (Å²) in [4.78, 5) is 11.4. The molecule has 2 heterocycles. The maximum atomic E-state index is 11.4. The zero-order valence-electron chi connectivity index (χ0n) is 25.7. The number of nitrogens with one attached hydrogen (secondary N) is 2. The van der Waals surface area contributed by atoms with Crippen LogP contribution in [0, 0.1) is 6.92 Å². The second-order valence-corrected chi connectivity index (χ2v) is 12.2. The van der Waals surface area contributed by atoms with Crippen molar-refractivity contribution in [3.63, 3.8) is 0 Å². The number of hydrogen-bond donors (Lipinski definition) is 3. The van der Waals surface area contributed by atoms with Gasteiger partial charge in [-0.25, -0.2) is 0 Å². The minimum Gasteiger partial charge on any atom is -0.490 e. The molecule has 1 aliphatic heterocycles. The molecule has 0 saturated carbocycles. The molecule has 3 aromatic carbocycles. The van der Waals surface area contributed by atoms with Crippen LogP contribution in [0.3, 0.4) is 0 Å². The van der Waals surface area contributed by atoms with Crippen LogP contribution in [0.2, 0.25) is 10.0 Å². The van der Waals surface area contributed by atoms with Gasteiger partial charge in [0, 0.05) is 31.5 Å². The number of carbonyl (C=O) groups is 1. The molecule has 1 saturated heterocycles. The summed E-state index contributed by atoms with van der Waals surface area (Å²) in [5, 5.41) is 22.9. The highest BCUT2D eigenvalue weighted by Gasteiger charge is 2.35. The van der Waals surface area contributed by atoms with E-state index >= 15 is 0 Å². The van der Waals surface area contributed by atoms with Crippen molar-refractivity contribution in [3.8, 4) is 22.8 Å². The van der Waals surface area contributed by atoms with Crippen LogP contribution in [0.5, 0.6) is 11.5 Å². The molecule has 1 aromatic heterocycles. The van der Waals surface area contributed by atoms with Gasteiger partial charge >= 0.3 is 0 Å². The fourth-order valence-corrected chi connectivity index (χ4v) is 6.70. The number of amides is 1. The second kappa shape index (κ2) is 15.1. The molecule has 1 fully saturated rings. The van der Waals surface area contributed by atoms with Gasteiger partial charge in [0.2, 0.25) is 5.91 Å². The maximum absolute atomic E-state index is 11.4. The molecule has 0 bridgehead atoms. The van der Waals surface area contributed by atoms with E-state index in [2.05, 4.69) is 27.9 Å². The van der Waals surface area contributed by atoms with Gasteiger partial charge in [-0.2, -0.15) is 0 Å². The molecule has 3 atom stereocenters. The average molecular weight is 653 g/mol. The van der Waals surface area contributed by atoms with Crippen LogP contribution in [0.1, 0.15) is 66.2 Å². The monoisotopic (exact) mass is 651 g/mol. The first kappa shape index (κ1) is 32.8. The van der Waals surface area contributed by atoms with Crippen LogP contribution in [0.25, 0.3) is 11.3 Å². The Bertz CT molecular complexity index is 1580. The molecule has 10 heteroatoms. The molecule has 3 N–H and O–H groups in total. The minimum atomic E-state index is -0.783. The first-order valence-corrected chi connectivity index (χ1v) is 16.0. The Hall–Kier alpha value is -3.56. The van der Waals surface area contributed by atoms with Gasteiger partial charge in [0.05, 0.1) is 27.4 Å². The Balaban J connectivity index is 1.30. The van der Waals surface area contributed by atoms with Crippen LogP contribution >= 0.6 is 23.2 Å². The van der Waals surface area contributed by atoms with E-state index in [1.54, 1.807) is 6.92 Å². The number of benzene rings is 3. The highest BCUT2D eigenvalue weighted by molar-refractivity contribution is 6.37. The largest absolute Gasteiger partial charge is 0.490 e. The van der Waals surface area contributed by atoms with Gasteiger partial charge in [-0.15, -0.1) is 0 Å². The number of ether oxygens (including phenoxy) is 2. The highest BCUT2D eigenvalue weighted by Crippen LogP contribution is 2.43. The Labute approximate surface area is 274 Å². The highest BCUT2D eigenvalue weighted by atomic mass is 35.5. The minimum absolute atomic E-state index is 0.00318. The third-order valence-electron chi connectivity index (χ3n) is 8.09. The molecule has 0 aliphatic carbocycles.